The highest BCUT2D eigenvalue weighted by atomic mass is 16.4. The van der Waals surface area contributed by atoms with Crippen LogP contribution in [0.5, 0.6) is 0 Å². The molecule has 0 fully saturated rings. The largest absolute Gasteiger partial charge is 0.480 e. The van der Waals surface area contributed by atoms with Gasteiger partial charge >= 0.3 is 11.9 Å². The van der Waals surface area contributed by atoms with Crippen LogP contribution in [0.4, 0.5) is 0 Å². The first-order valence-electron chi connectivity index (χ1n) is 5.66. The number of hydrogen-bond acceptors (Lipinski definition) is 5. The maximum absolute atomic E-state index is 10.4. The molecule has 106 valence electrons. The molecule has 0 saturated heterocycles. The lowest BCUT2D eigenvalue weighted by Crippen LogP contribution is -2.30. The number of hydrogen-bond donors (Lipinski definition) is 4. The normalized spacial score (nSPS) is 11.4. The van der Waals surface area contributed by atoms with Crippen LogP contribution in [0.25, 0.3) is 0 Å². The van der Waals surface area contributed by atoms with E-state index in [1.807, 2.05) is 0 Å². The van der Waals surface area contributed by atoms with E-state index in [9.17, 15) is 14.4 Å². The third kappa shape index (κ3) is 12.6. The van der Waals surface area contributed by atoms with Gasteiger partial charge in [-0.25, -0.2) is 4.79 Å². The van der Waals surface area contributed by atoms with Gasteiger partial charge in [0, 0.05) is 6.42 Å². The summed E-state index contributed by atoms with van der Waals surface area (Å²) >= 11 is 0. The third-order valence-corrected chi connectivity index (χ3v) is 1.87. The summed E-state index contributed by atoms with van der Waals surface area (Å²) in [5, 5.41) is 16.3. The van der Waals surface area contributed by atoms with Gasteiger partial charge in [0.2, 0.25) is 5.78 Å². The summed E-state index contributed by atoms with van der Waals surface area (Å²) in [4.78, 5) is 30.3. The van der Waals surface area contributed by atoms with Crippen LogP contribution in [0, 0.1) is 5.92 Å². The Morgan fingerprint density at radius 1 is 1.17 bits per heavy atom. The predicted molar refractivity (Wildman–Crippen MR) is 66.0 cm³/mol. The summed E-state index contributed by atoms with van der Waals surface area (Å²) in [7, 11) is 0. The molecule has 6 N–H and O–H groups in total. The average molecular weight is 262 g/mol. The van der Waals surface area contributed by atoms with E-state index in [2.05, 4.69) is 0 Å². The minimum absolute atomic E-state index is 0.133. The zero-order valence-electron chi connectivity index (χ0n) is 10.8. The molecule has 0 spiro atoms. The molecule has 0 aromatic rings. The highest BCUT2D eigenvalue weighted by molar-refractivity contribution is 6.32. The van der Waals surface area contributed by atoms with Gasteiger partial charge in [-0.05, 0) is 25.3 Å². The van der Waals surface area contributed by atoms with Crippen LogP contribution in [0.3, 0.4) is 0 Å². The number of carboxylic acid groups (broad SMARTS) is 2. The van der Waals surface area contributed by atoms with E-state index in [0.717, 1.165) is 0 Å². The molecule has 0 bridgehead atoms. The van der Waals surface area contributed by atoms with Crippen molar-refractivity contribution in [1.29, 1.82) is 0 Å². The van der Waals surface area contributed by atoms with Crippen molar-refractivity contribution in [2.45, 2.75) is 39.2 Å². The van der Waals surface area contributed by atoms with Crippen LogP contribution in [0.2, 0.25) is 0 Å². The molecular formula is C11H22N2O5. The lowest BCUT2D eigenvalue weighted by molar-refractivity contribution is -0.149. The molecule has 0 aromatic carbocycles. The molecular weight excluding hydrogens is 240 g/mol. The Balaban J connectivity index is 0. The fourth-order valence-corrected chi connectivity index (χ4v) is 0.919. The van der Waals surface area contributed by atoms with Gasteiger partial charge in [0.25, 0.3) is 0 Å². The van der Waals surface area contributed by atoms with Gasteiger partial charge in [0.15, 0.2) is 0 Å². The van der Waals surface area contributed by atoms with E-state index in [1.54, 1.807) is 13.8 Å². The average Bonchev–Trinajstić information content (AvgIpc) is 2.25. The molecule has 1 atom stereocenters. The van der Waals surface area contributed by atoms with E-state index in [1.165, 1.54) is 0 Å². The summed E-state index contributed by atoms with van der Waals surface area (Å²) < 4.78 is 0. The molecule has 7 heteroatoms. The standard InChI is InChI=1S/C6H10O3.C5H12N2O2/c1-4(2)3-5(7)6(8)9;6-3-1-2-4(7)5(8)9/h4H,3H2,1-2H3,(H,8,9);4H,1-3,6-7H2,(H,8,9). The number of aliphatic carboxylic acids is 2. The van der Waals surface area contributed by atoms with Crippen molar-refractivity contribution < 1.29 is 24.6 Å². The Hall–Kier alpha value is -1.47. The van der Waals surface area contributed by atoms with Crippen LogP contribution in [0.1, 0.15) is 33.1 Å². The SMILES string of the molecule is CC(C)CC(=O)C(=O)O.NCCCC(N)C(=O)O. The molecule has 0 aliphatic rings. The number of carboxylic acids is 2. The minimum Gasteiger partial charge on any atom is -0.480 e. The Bertz CT molecular complexity index is 279. The summed E-state index contributed by atoms with van der Waals surface area (Å²) in [5.41, 5.74) is 10.3. The van der Waals surface area contributed by atoms with E-state index in [0.29, 0.717) is 19.4 Å². The van der Waals surface area contributed by atoms with Gasteiger partial charge in [-0.2, -0.15) is 0 Å². The topological polar surface area (TPSA) is 144 Å². The van der Waals surface area contributed by atoms with Crippen LogP contribution < -0.4 is 11.5 Å². The summed E-state index contributed by atoms with van der Waals surface area (Å²) in [6.45, 7) is 4.11. The second kappa shape index (κ2) is 10.7. The second-order valence-electron chi connectivity index (χ2n) is 4.20. The zero-order chi connectivity index (χ0) is 14.7. The summed E-state index contributed by atoms with van der Waals surface area (Å²) in [5.74, 6) is -2.86. The molecule has 0 aliphatic carbocycles. The van der Waals surface area contributed by atoms with Crippen LogP contribution >= 0.6 is 0 Å². The zero-order valence-corrected chi connectivity index (χ0v) is 10.8. The van der Waals surface area contributed by atoms with Gasteiger partial charge in [0.05, 0.1) is 0 Å². The highest BCUT2D eigenvalue weighted by Gasteiger charge is 2.12. The van der Waals surface area contributed by atoms with E-state index >= 15 is 0 Å². The van der Waals surface area contributed by atoms with Crippen molar-refractivity contribution in [3.63, 3.8) is 0 Å². The molecule has 0 radical (unpaired) electrons. The van der Waals surface area contributed by atoms with Gasteiger partial charge in [-0.1, -0.05) is 13.8 Å². The maximum Gasteiger partial charge on any atom is 0.372 e. The van der Waals surface area contributed by atoms with Crippen LogP contribution in [0.15, 0.2) is 0 Å². The monoisotopic (exact) mass is 262 g/mol. The lowest BCUT2D eigenvalue weighted by atomic mass is 10.1. The molecule has 0 aromatic heterocycles. The number of Topliss-reactive ketones (excluding diaryl/α,β-unsaturated/α-hetero) is 1. The van der Waals surface area contributed by atoms with Crippen molar-refractivity contribution >= 4 is 17.7 Å². The summed E-state index contributed by atoms with van der Waals surface area (Å²) in [6.07, 6.45) is 1.27. The number of carbonyl (C=O) groups excluding carboxylic acids is 1. The Morgan fingerprint density at radius 3 is 1.89 bits per heavy atom. The van der Waals surface area contributed by atoms with Crippen molar-refractivity contribution in [2.75, 3.05) is 6.54 Å². The predicted octanol–water partition coefficient (Wildman–Crippen LogP) is -0.177. The lowest BCUT2D eigenvalue weighted by Gasteiger charge is -2.02. The van der Waals surface area contributed by atoms with Crippen LogP contribution in [-0.2, 0) is 14.4 Å². The van der Waals surface area contributed by atoms with Gasteiger partial charge in [-0.3, -0.25) is 9.59 Å². The van der Waals surface area contributed by atoms with E-state index in [-0.39, 0.29) is 12.3 Å². The maximum atomic E-state index is 10.4. The molecule has 0 amide bonds. The van der Waals surface area contributed by atoms with Crippen molar-refractivity contribution in [3.05, 3.63) is 0 Å². The Kier molecular flexibility index (Phi) is 11.2. The van der Waals surface area contributed by atoms with Crippen LogP contribution in [-0.4, -0.2) is 40.5 Å². The molecule has 7 nitrogen and oxygen atoms in total. The van der Waals surface area contributed by atoms with Crippen molar-refractivity contribution in [3.8, 4) is 0 Å². The fraction of sp³-hybridized carbons (Fsp3) is 0.727. The first-order chi connectivity index (χ1) is 8.22. The van der Waals surface area contributed by atoms with E-state index < -0.39 is 23.8 Å². The smallest absolute Gasteiger partial charge is 0.372 e. The first-order valence-corrected chi connectivity index (χ1v) is 5.66. The highest BCUT2D eigenvalue weighted by Crippen LogP contribution is 1.99. The van der Waals surface area contributed by atoms with Crippen molar-refractivity contribution in [2.24, 2.45) is 17.4 Å². The Morgan fingerprint density at radius 2 is 1.67 bits per heavy atom. The molecule has 18 heavy (non-hydrogen) atoms. The van der Waals surface area contributed by atoms with Gasteiger partial charge < -0.3 is 21.7 Å². The van der Waals surface area contributed by atoms with Gasteiger partial charge in [-0.15, -0.1) is 0 Å². The third-order valence-electron chi connectivity index (χ3n) is 1.87. The number of carbonyl (C=O) groups is 3. The number of nitrogens with two attached hydrogens (primary N) is 2. The number of ketones is 1. The summed E-state index contributed by atoms with van der Waals surface area (Å²) in [6, 6.07) is -0.742. The quantitative estimate of drug-likeness (QED) is 0.466. The van der Waals surface area contributed by atoms with Gasteiger partial charge in [0.1, 0.15) is 6.04 Å². The molecule has 0 aliphatic heterocycles. The first kappa shape index (κ1) is 18.9. The van der Waals surface area contributed by atoms with E-state index in [4.69, 9.17) is 21.7 Å². The second-order valence-corrected chi connectivity index (χ2v) is 4.20. The molecule has 0 saturated carbocycles. The number of rotatable bonds is 7. The fourth-order valence-electron chi connectivity index (χ4n) is 0.919. The minimum atomic E-state index is -1.33. The molecule has 0 heterocycles. The van der Waals surface area contributed by atoms with Crippen molar-refractivity contribution in [1.82, 2.24) is 0 Å². The Labute approximate surface area is 106 Å². The molecule has 1 unspecified atom stereocenters. The molecule has 0 rings (SSSR count).